The summed E-state index contributed by atoms with van der Waals surface area (Å²) in [7, 11) is 0. The number of piperazine rings is 1. The summed E-state index contributed by atoms with van der Waals surface area (Å²) in [6, 6.07) is 2.00. The first-order chi connectivity index (χ1) is 6.95. The lowest BCUT2D eigenvalue weighted by Crippen LogP contribution is -2.40. The fourth-order valence-electron chi connectivity index (χ4n) is 1.56. The van der Waals surface area contributed by atoms with Gasteiger partial charge in [-0.3, -0.25) is 5.10 Å². The Balaban J connectivity index is 1.76. The van der Waals surface area contributed by atoms with E-state index in [1.165, 1.54) is 0 Å². The first kappa shape index (κ1) is 9.27. The molecule has 0 saturated carbocycles. The number of H-pyrrole nitrogens is 1. The minimum Gasteiger partial charge on any atom is -0.375 e. The zero-order chi connectivity index (χ0) is 9.64. The van der Waals surface area contributed by atoms with Crippen LogP contribution in [0.15, 0.2) is 24.5 Å². The number of hydrogen-bond acceptors (Lipinski definition) is 3. The molecule has 2 heterocycles. The molecule has 1 fully saturated rings. The molecule has 4 nitrogen and oxygen atoms in total. The maximum atomic E-state index is 3.91. The molecule has 1 aliphatic heterocycles. The summed E-state index contributed by atoms with van der Waals surface area (Å²) in [4.78, 5) is 2.34. The zero-order valence-electron chi connectivity index (χ0n) is 8.24. The molecule has 14 heavy (non-hydrogen) atoms. The smallest absolute Gasteiger partial charge is 0.0490 e. The van der Waals surface area contributed by atoms with Gasteiger partial charge in [0, 0.05) is 44.5 Å². The van der Waals surface area contributed by atoms with Crippen LogP contribution in [-0.2, 0) is 6.42 Å². The molecule has 1 saturated heterocycles. The number of nitrogens with one attached hydrogen (secondary N) is 2. The van der Waals surface area contributed by atoms with Gasteiger partial charge in [-0.05, 0) is 12.3 Å². The van der Waals surface area contributed by atoms with E-state index in [1.54, 1.807) is 6.20 Å². The molecule has 0 radical (unpaired) electrons. The third-order valence-corrected chi connectivity index (χ3v) is 2.36. The second kappa shape index (κ2) is 4.81. The van der Waals surface area contributed by atoms with Gasteiger partial charge in [0.1, 0.15) is 0 Å². The van der Waals surface area contributed by atoms with Crippen molar-refractivity contribution in [1.29, 1.82) is 0 Å². The minimum atomic E-state index is 0.934. The molecule has 76 valence electrons. The Morgan fingerprint density at radius 1 is 1.43 bits per heavy atom. The van der Waals surface area contributed by atoms with Crippen molar-refractivity contribution in [3.63, 3.8) is 0 Å². The molecular formula is C10H16N4. The van der Waals surface area contributed by atoms with Gasteiger partial charge in [0.15, 0.2) is 0 Å². The van der Waals surface area contributed by atoms with Gasteiger partial charge in [-0.2, -0.15) is 5.10 Å². The van der Waals surface area contributed by atoms with Gasteiger partial charge < -0.3 is 10.2 Å². The van der Waals surface area contributed by atoms with Crippen LogP contribution in [0.5, 0.6) is 0 Å². The largest absolute Gasteiger partial charge is 0.375 e. The molecule has 0 atom stereocenters. The van der Waals surface area contributed by atoms with Crippen LogP contribution in [0.1, 0.15) is 5.69 Å². The summed E-state index contributed by atoms with van der Waals surface area (Å²) >= 11 is 0. The normalized spacial score (nSPS) is 17.9. The summed E-state index contributed by atoms with van der Waals surface area (Å²) in [6.07, 6.45) is 7.08. The Morgan fingerprint density at radius 3 is 3.00 bits per heavy atom. The van der Waals surface area contributed by atoms with Gasteiger partial charge >= 0.3 is 0 Å². The zero-order valence-corrected chi connectivity index (χ0v) is 8.24. The standard InChI is InChI=1S/C10H16N4/c1(2-10-3-4-12-13-10)7-14-8-5-11-6-9-14/h1,3-4,7,11H,2,5-6,8-9H2,(H,12,13). The highest BCUT2D eigenvalue weighted by molar-refractivity contribution is 5.03. The van der Waals surface area contributed by atoms with Crippen molar-refractivity contribution in [2.24, 2.45) is 0 Å². The molecule has 2 N–H and O–H groups in total. The van der Waals surface area contributed by atoms with Crippen LogP contribution >= 0.6 is 0 Å². The fraction of sp³-hybridized carbons (Fsp3) is 0.500. The third kappa shape index (κ3) is 2.60. The van der Waals surface area contributed by atoms with E-state index in [-0.39, 0.29) is 0 Å². The summed E-state index contributed by atoms with van der Waals surface area (Å²) in [5, 5.41) is 10.2. The van der Waals surface area contributed by atoms with E-state index >= 15 is 0 Å². The van der Waals surface area contributed by atoms with E-state index in [0.717, 1.165) is 38.3 Å². The van der Waals surface area contributed by atoms with E-state index < -0.39 is 0 Å². The van der Waals surface area contributed by atoms with Crippen LogP contribution in [0.3, 0.4) is 0 Å². The van der Waals surface area contributed by atoms with Gasteiger partial charge in [0.05, 0.1) is 0 Å². The third-order valence-electron chi connectivity index (χ3n) is 2.36. The quantitative estimate of drug-likeness (QED) is 0.727. The lowest BCUT2D eigenvalue weighted by atomic mass is 10.3. The van der Waals surface area contributed by atoms with Crippen molar-refractivity contribution in [2.45, 2.75) is 6.42 Å². The number of nitrogens with zero attached hydrogens (tertiary/aromatic N) is 2. The summed E-state index contributed by atoms with van der Waals surface area (Å²) in [6.45, 7) is 4.40. The highest BCUT2D eigenvalue weighted by Gasteiger charge is 2.03. The monoisotopic (exact) mass is 192 g/mol. The Kier molecular flexibility index (Phi) is 3.19. The molecule has 1 aliphatic rings. The molecule has 1 aromatic rings. The summed E-state index contributed by atoms with van der Waals surface area (Å²) < 4.78 is 0. The first-order valence-electron chi connectivity index (χ1n) is 5.05. The molecule has 2 rings (SSSR count). The molecule has 0 bridgehead atoms. The number of aromatic nitrogens is 2. The number of hydrogen-bond donors (Lipinski definition) is 2. The fourth-order valence-corrected chi connectivity index (χ4v) is 1.56. The molecule has 0 spiro atoms. The topological polar surface area (TPSA) is 44.0 Å². The maximum Gasteiger partial charge on any atom is 0.0490 e. The van der Waals surface area contributed by atoms with Gasteiger partial charge in [0.2, 0.25) is 0 Å². The van der Waals surface area contributed by atoms with E-state index in [1.807, 2.05) is 6.07 Å². The Bertz CT molecular complexity index is 272. The molecule has 0 aromatic carbocycles. The second-order valence-electron chi connectivity index (χ2n) is 3.46. The van der Waals surface area contributed by atoms with Crippen LogP contribution in [0.4, 0.5) is 0 Å². The van der Waals surface area contributed by atoms with Crippen LogP contribution in [0, 0.1) is 0 Å². The summed E-state index contributed by atoms with van der Waals surface area (Å²) in [5.41, 5.74) is 1.16. The van der Waals surface area contributed by atoms with E-state index in [4.69, 9.17) is 0 Å². The van der Waals surface area contributed by atoms with Crippen LogP contribution in [0.25, 0.3) is 0 Å². The first-order valence-corrected chi connectivity index (χ1v) is 5.05. The predicted molar refractivity (Wildman–Crippen MR) is 55.9 cm³/mol. The van der Waals surface area contributed by atoms with Crippen LogP contribution < -0.4 is 5.32 Å². The van der Waals surface area contributed by atoms with Crippen molar-refractivity contribution in [3.05, 3.63) is 30.2 Å². The lowest BCUT2D eigenvalue weighted by Gasteiger charge is -2.25. The van der Waals surface area contributed by atoms with E-state index in [2.05, 4.69) is 32.7 Å². The highest BCUT2D eigenvalue weighted by atomic mass is 15.2. The van der Waals surface area contributed by atoms with Crippen molar-refractivity contribution < 1.29 is 0 Å². The molecule has 0 unspecified atom stereocenters. The SMILES string of the molecule is C(=CN1CCNCC1)Cc1ccn[nH]1. The van der Waals surface area contributed by atoms with Crippen LogP contribution in [0.2, 0.25) is 0 Å². The predicted octanol–water partition coefficient (Wildman–Crippen LogP) is 0.371. The van der Waals surface area contributed by atoms with Crippen molar-refractivity contribution in [2.75, 3.05) is 26.2 Å². The Labute approximate surface area is 84.0 Å². The lowest BCUT2D eigenvalue weighted by molar-refractivity contribution is 0.323. The molecule has 0 aliphatic carbocycles. The van der Waals surface area contributed by atoms with E-state index in [9.17, 15) is 0 Å². The van der Waals surface area contributed by atoms with Gasteiger partial charge in [0.25, 0.3) is 0 Å². The van der Waals surface area contributed by atoms with Gasteiger partial charge in [-0.15, -0.1) is 0 Å². The second-order valence-corrected chi connectivity index (χ2v) is 3.46. The van der Waals surface area contributed by atoms with Crippen molar-refractivity contribution in [3.8, 4) is 0 Å². The molecule has 4 heteroatoms. The average molecular weight is 192 g/mol. The van der Waals surface area contributed by atoms with Crippen LogP contribution in [-0.4, -0.2) is 41.3 Å². The summed E-state index contributed by atoms with van der Waals surface area (Å²) in [5.74, 6) is 0. The number of rotatable bonds is 3. The van der Waals surface area contributed by atoms with Crippen molar-refractivity contribution in [1.82, 2.24) is 20.4 Å². The molecule has 0 amide bonds. The van der Waals surface area contributed by atoms with Crippen molar-refractivity contribution >= 4 is 0 Å². The molecular weight excluding hydrogens is 176 g/mol. The van der Waals surface area contributed by atoms with E-state index in [0.29, 0.717) is 0 Å². The van der Waals surface area contributed by atoms with Gasteiger partial charge in [-0.1, -0.05) is 6.08 Å². The number of aromatic amines is 1. The van der Waals surface area contributed by atoms with Gasteiger partial charge in [-0.25, -0.2) is 0 Å². The minimum absolute atomic E-state index is 0.934. The maximum absolute atomic E-state index is 3.91. The Morgan fingerprint density at radius 2 is 2.29 bits per heavy atom. The Hall–Kier alpha value is -1.29. The highest BCUT2D eigenvalue weighted by Crippen LogP contribution is 1.97. The average Bonchev–Trinajstić information content (AvgIpc) is 2.72. The molecule has 1 aromatic heterocycles. The number of allylic oxidation sites excluding steroid dienone is 1.